The fourth-order valence-electron chi connectivity index (χ4n) is 4.30. The lowest BCUT2D eigenvalue weighted by Gasteiger charge is -2.31. The van der Waals surface area contributed by atoms with E-state index in [1.54, 1.807) is 4.90 Å². The van der Waals surface area contributed by atoms with E-state index in [4.69, 9.17) is 4.74 Å². The summed E-state index contributed by atoms with van der Waals surface area (Å²) in [6.07, 6.45) is 0.414. The van der Waals surface area contributed by atoms with Crippen LogP contribution >= 0.6 is 0 Å². The molecule has 0 bridgehead atoms. The largest absolute Gasteiger partial charge is 0.483 e. The van der Waals surface area contributed by atoms with E-state index < -0.39 is 6.04 Å². The van der Waals surface area contributed by atoms with Crippen molar-refractivity contribution in [3.63, 3.8) is 0 Å². The van der Waals surface area contributed by atoms with Gasteiger partial charge in [-0.1, -0.05) is 111 Å². The van der Waals surface area contributed by atoms with Crippen LogP contribution in [0, 0.1) is 5.92 Å². The summed E-state index contributed by atoms with van der Waals surface area (Å²) in [7, 11) is 0. The van der Waals surface area contributed by atoms with Crippen molar-refractivity contribution in [3.05, 3.63) is 114 Å². The third-order valence-corrected chi connectivity index (χ3v) is 6.25. The van der Waals surface area contributed by atoms with Crippen molar-refractivity contribution in [2.45, 2.75) is 32.9 Å². The summed E-state index contributed by atoms with van der Waals surface area (Å²) in [5.74, 6) is 0.550. The molecule has 1 N–H and O–H groups in total. The smallest absolute Gasteiger partial charge is 0.261 e. The molecule has 0 radical (unpaired) electrons. The van der Waals surface area contributed by atoms with Crippen molar-refractivity contribution in [1.29, 1.82) is 0 Å². The number of nitrogens with one attached hydrogen (secondary N) is 1. The standard InChI is InChI=1S/C32H34N2O3/c1-24(2)21-33-32(36)29(20-25-12-5-3-6-13-25)34(22-26-14-7-4-8-15-26)31(35)23-37-30-19-11-17-27-16-9-10-18-28(27)30/h3-19,24,29H,20-23H2,1-2H3,(H,33,36)/t29-/m1/s1. The van der Waals surface area contributed by atoms with Crippen LogP contribution in [0.2, 0.25) is 0 Å². The summed E-state index contributed by atoms with van der Waals surface area (Å²) in [6.45, 7) is 4.80. The van der Waals surface area contributed by atoms with Crippen molar-refractivity contribution in [1.82, 2.24) is 10.2 Å². The number of fused-ring (bicyclic) bond motifs is 1. The maximum atomic E-state index is 13.8. The summed E-state index contributed by atoms with van der Waals surface area (Å²) < 4.78 is 6.06. The van der Waals surface area contributed by atoms with Crippen LogP contribution in [0.15, 0.2) is 103 Å². The van der Waals surface area contributed by atoms with Crippen molar-refractivity contribution in [2.75, 3.05) is 13.2 Å². The first-order valence-corrected chi connectivity index (χ1v) is 12.8. The number of carbonyl (C=O) groups is 2. The highest BCUT2D eigenvalue weighted by Crippen LogP contribution is 2.25. The summed E-state index contributed by atoms with van der Waals surface area (Å²) in [5, 5.41) is 5.04. The minimum absolute atomic E-state index is 0.160. The van der Waals surface area contributed by atoms with Gasteiger partial charge in [-0.2, -0.15) is 0 Å². The number of amides is 2. The Bertz CT molecular complexity index is 1300. The molecule has 4 aromatic rings. The zero-order valence-electron chi connectivity index (χ0n) is 21.5. The van der Waals surface area contributed by atoms with Crippen LogP contribution in [0.25, 0.3) is 10.8 Å². The first kappa shape index (κ1) is 26.0. The quantitative estimate of drug-likeness (QED) is 0.294. The number of benzene rings is 4. The number of hydrogen-bond donors (Lipinski definition) is 1. The average molecular weight is 495 g/mol. The molecule has 0 saturated heterocycles. The second-order valence-corrected chi connectivity index (χ2v) is 9.62. The van der Waals surface area contributed by atoms with Crippen LogP contribution in [0.5, 0.6) is 5.75 Å². The Morgan fingerprint density at radius 2 is 1.41 bits per heavy atom. The van der Waals surface area contributed by atoms with E-state index in [9.17, 15) is 9.59 Å². The van der Waals surface area contributed by atoms with Gasteiger partial charge in [0, 0.05) is 24.9 Å². The first-order chi connectivity index (χ1) is 18.0. The van der Waals surface area contributed by atoms with Gasteiger partial charge in [-0.15, -0.1) is 0 Å². The highest BCUT2D eigenvalue weighted by atomic mass is 16.5. The Kier molecular flexibility index (Phi) is 8.93. The van der Waals surface area contributed by atoms with Gasteiger partial charge in [0.25, 0.3) is 5.91 Å². The van der Waals surface area contributed by atoms with Gasteiger partial charge >= 0.3 is 0 Å². The zero-order valence-corrected chi connectivity index (χ0v) is 21.5. The van der Waals surface area contributed by atoms with Crippen molar-refractivity contribution < 1.29 is 14.3 Å². The van der Waals surface area contributed by atoms with Gasteiger partial charge < -0.3 is 15.0 Å². The van der Waals surface area contributed by atoms with E-state index >= 15 is 0 Å². The summed E-state index contributed by atoms with van der Waals surface area (Å²) in [5.41, 5.74) is 1.95. The summed E-state index contributed by atoms with van der Waals surface area (Å²) >= 11 is 0. The first-order valence-electron chi connectivity index (χ1n) is 12.8. The molecule has 190 valence electrons. The lowest BCUT2D eigenvalue weighted by molar-refractivity contribution is -0.142. The second-order valence-electron chi connectivity index (χ2n) is 9.62. The highest BCUT2D eigenvalue weighted by molar-refractivity contribution is 5.90. The number of ether oxygens (including phenoxy) is 1. The number of nitrogens with zero attached hydrogens (tertiary/aromatic N) is 1. The molecule has 0 aliphatic heterocycles. The zero-order chi connectivity index (χ0) is 26.0. The molecular formula is C32H34N2O3. The molecule has 4 aromatic carbocycles. The molecule has 0 heterocycles. The Hall–Kier alpha value is -4.12. The number of hydrogen-bond acceptors (Lipinski definition) is 3. The SMILES string of the molecule is CC(C)CNC(=O)[C@@H](Cc1ccccc1)N(Cc1ccccc1)C(=O)COc1cccc2ccccc12. The van der Waals surface area contributed by atoms with Crippen LogP contribution in [-0.4, -0.2) is 35.9 Å². The van der Waals surface area contributed by atoms with Gasteiger partial charge in [0.05, 0.1) is 0 Å². The van der Waals surface area contributed by atoms with Crippen molar-refractivity contribution in [3.8, 4) is 5.75 Å². The third kappa shape index (κ3) is 7.20. The summed E-state index contributed by atoms with van der Waals surface area (Å²) in [6, 6.07) is 32.6. The lowest BCUT2D eigenvalue weighted by atomic mass is 10.0. The van der Waals surface area contributed by atoms with Gasteiger partial charge in [-0.05, 0) is 28.5 Å². The molecule has 0 fully saturated rings. The fourth-order valence-corrected chi connectivity index (χ4v) is 4.30. The molecule has 2 amide bonds. The lowest BCUT2D eigenvalue weighted by Crippen LogP contribution is -2.52. The van der Waals surface area contributed by atoms with Crippen LogP contribution < -0.4 is 10.1 Å². The van der Waals surface area contributed by atoms with Crippen LogP contribution in [-0.2, 0) is 22.6 Å². The van der Waals surface area contributed by atoms with Gasteiger partial charge in [-0.25, -0.2) is 0 Å². The molecule has 0 aliphatic rings. The van der Waals surface area contributed by atoms with E-state index in [0.717, 1.165) is 21.9 Å². The summed E-state index contributed by atoms with van der Waals surface area (Å²) in [4.78, 5) is 28.9. The fraction of sp³-hybridized carbons (Fsp3) is 0.250. The molecule has 0 unspecified atom stereocenters. The molecule has 5 heteroatoms. The third-order valence-electron chi connectivity index (χ3n) is 6.25. The Balaban J connectivity index is 1.62. The highest BCUT2D eigenvalue weighted by Gasteiger charge is 2.30. The van der Waals surface area contributed by atoms with Crippen molar-refractivity contribution >= 4 is 22.6 Å². The normalized spacial score (nSPS) is 11.8. The molecule has 0 spiro atoms. The maximum Gasteiger partial charge on any atom is 0.261 e. The number of carbonyl (C=O) groups excluding carboxylic acids is 2. The molecule has 0 aliphatic carbocycles. The Morgan fingerprint density at radius 1 is 0.784 bits per heavy atom. The monoisotopic (exact) mass is 494 g/mol. The minimum atomic E-state index is -0.676. The van der Waals surface area contributed by atoms with Crippen LogP contribution in [0.1, 0.15) is 25.0 Å². The molecule has 37 heavy (non-hydrogen) atoms. The Labute approximate surface area is 219 Å². The van der Waals surface area contributed by atoms with Crippen LogP contribution in [0.4, 0.5) is 0 Å². The molecular weight excluding hydrogens is 460 g/mol. The Morgan fingerprint density at radius 3 is 2.11 bits per heavy atom. The van der Waals surface area contributed by atoms with Crippen LogP contribution in [0.3, 0.4) is 0 Å². The number of rotatable bonds is 11. The van der Waals surface area contributed by atoms with E-state index in [0.29, 0.717) is 31.2 Å². The molecule has 0 aromatic heterocycles. The van der Waals surface area contributed by atoms with Crippen molar-refractivity contribution in [2.24, 2.45) is 5.92 Å². The van der Waals surface area contributed by atoms with E-state index in [1.807, 2.05) is 103 Å². The van der Waals surface area contributed by atoms with E-state index in [1.165, 1.54) is 0 Å². The molecule has 5 nitrogen and oxygen atoms in total. The van der Waals surface area contributed by atoms with Gasteiger partial charge in [0.1, 0.15) is 11.8 Å². The van der Waals surface area contributed by atoms with E-state index in [2.05, 4.69) is 19.2 Å². The van der Waals surface area contributed by atoms with Gasteiger partial charge in [0.2, 0.25) is 5.91 Å². The molecule has 4 rings (SSSR count). The predicted molar refractivity (Wildman–Crippen MR) is 148 cm³/mol. The molecule has 0 saturated carbocycles. The second kappa shape index (κ2) is 12.7. The molecule has 1 atom stereocenters. The average Bonchev–Trinajstić information content (AvgIpc) is 2.93. The topological polar surface area (TPSA) is 58.6 Å². The minimum Gasteiger partial charge on any atom is -0.483 e. The van der Waals surface area contributed by atoms with E-state index in [-0.39, 0.29) is 18.4 Å². The van der Waals surface area contributed by atoms with Gasteiger partial charge in [-0.3, -0.25) is 9.59 Å². The predicted octanol–water partition coefficient (Wildman–Crippen LogP) is 5.63. The maximum absolute atomic E-state index is 13.8. The van der Waals surface area contributed by atoms with Gasteiger partial charge in [0.15, 0.2) is 6.61 Å².